The lowest BCUT2D eigenvalue weighted by Crippen LogP contribution is -2.36. The highest BCUT2D eigenvalue weighted by Gasteiger charge is 2.48. The average Bonchev–Trinajstić information content (AvgIpc) is 1.54. The number of rotatable bonds is 49. The van der Waals surface area contributed by atoms with Crippen LogP contribution in [0.2, 0.25) is 0 Å². The minimum atomic E-state index is -1.47. The molecular weight excluding hydrogens is 1760 g/mol. The Labute approximate surface area is 820 Å². The van der Waals surface area contributed by atoms with E-state index in [0.29, 0.717) is 218 Å². The van der Waals surface area contributed by atoms with Crippen molar-refractivity contribution in [3.8, 4) is 0 Å². The molecule has 9 saturated heterocycles. The van der Waals surface area contributed by atoms with E-state index in [9.17, 15) is 38.4 Å². The highest BCUT2D eigenvalue weighted by Crippen LogP contribution is 2.43. The van der Waals surface area contributed by atoms with Crippen molar-refractivity contribution in [2.75, 3.05) is 85.9 Å². The molecule has 4 saturated carbocycles. The number of epoxide rings is 9. The molecule has 0 amide bonds. The highest BCUT2D eigenvalue weighted by atomic mass is 16.6. The van der Waals surface area contributed by atoms with Gasteiger partial charge in [-0.1, -0.05) is 193 Å². The van der Waals surface area contributed by atoms with Gasteiger partial charge in [0.1, 0.15) is 0 Å². The van der Waals surface area contributed by atoms with Gasteiger partial charge in [-0.2, -0.15) is 0 Å². The number of hydrogen-bond acceptors (Lipinski definition) is 25. The van der Waals surface area contributed by atoms with Gasteiger partial charge in [-0.3, -0.25) is 38.4 Å². The van der Waals surface area contributed by atoms with Crippen molar-refractivity contribution >= 4 is 47.8 Å². The van der Waals surface area contributed by atoms with Crippen molar-refractivity contribution in [3.63, 3.8) is 0 Å². The summed E-state index contributed by atoms with van der Waals surface area (Å²) in [6.07, 6.45) is 28.4. The van der Waals surface area contributed by atoms with Crippen LogP contribution in [0.1, 0.15) is 287 Å². The van der Waals surface area contributed by atoms with E-state index in [1.54, 1.807) is 0 Å². The number of unbranched alkanes of at least 4 members (excludes halogenated alkanes) is 8. The summed E-state index contributed by atoms with van der Waals surface area (Å²) in [5, 5.41) is 0. The monoisotopic (exact) mass is 1920 g/mol. The van der Waals surface area contributed by atoms with Gasteiger partial charge < -0.3 is 80.5 Å². The molecular formula is C113H160O25. The molecule has 138 heavy (non-hydrogen) atoms. The second-order valence-corrected chi connectivity index (χ2v) is 39.7. The van der Waals surface area contributed by atoms with Crippen LogP contribution in [0, 0.1) is 35.5 Å². The number of carbonyl (C=O) groups is 8. The second-order valence-electron chi connectivity index (χ2n) is 39.7. The third-order valence-corrected chi connectivity index (χ3v) is 27.1. The van der Waals surface area contributed by atoms with Crippen LogP contribution in [-0.2, 0) is 138 Å². The number of hydrogen-bond donors (Lipinski definition) is 0. The summed E-state index contributed by atoms with van der Waals surface area (Å²) in [5.41, 5.74) is 6.97. The third kappa shape index (κ3) is 47.8. The lowest BCUT2D eigenvalue weighted by atomic mass is 9.86. The summed E-state index contributed by atoms with van der Waals surface area (Å²) in [7, 11) is 0. The highest BCUT2D eigenvalue weighted by molar-refractivity contribution is 5.88. The van der Waals surface area contributed by atoms with E-state index in [4.69, 9.17) is 80.5 Å². The molecule has 0 bridgehead atoms. The second kappa shape index (κ2) is 62.0. The van der Waals surface area contributed by atoms with E-state index in [0.717, 1.165) is 129 Å². The quantitative estimate of drug-likeness (QED) is 0.0151. The van der Waals surface area contributed by atoms with Crippen LogP contribution < -0.4 is 0 Å². The van der Waals surface area contributed by atoms with Crippen LogP contribution in [0.25, 0.3) is 0 Å². The van der Waals surface area contributed by atoms with Crippen LogP contribution >= 0.6 is 0 Å². The van der Waals surface area contributed by atoms with E-state index < -0.39 is 48.6 Å². The lowest BCUT2D eigenvalue weighted by molar-refractivity contribution is -0.167. The van der Waals surface area contributed by atoms with Crippen LogP contribution in [0.4, 0.5) is 0 Å². The van der Waals surface area contributed by atoms with Gasteiger partial charge in [-0.25, -0.2) is 0 Å². The summed E-state index contributed by atoms with van der Waals surface area (Å²) in [6.45, 7) is 19.3. The molecule has 13 aliphatic rings. The Bertz CT molecular complexity index is 3940. The average molecular weight is 1920 g/mol. The minimum Gasteiger partial charge on any atom is -0.466 e. The Morgan fingerprint density at radius 2 is 0.514 bits per heavy atom. The molecule has 4 aliphatic carbocycles. The van der Waals surface area contributed by atoms with Gasteiger partial charge in [0, 0.05) is 44.9 Å². The van der Waals surface area contributed by atoms with Gasteiger partial charge in [0.2, 0.25) is 0 Å². The zero-order valence-electron chi connectivity index (χ0n) is 83.2. The van der Waals surface area contributed by atoms with Crippen molar-refractivity contribution in [2.24, 2.45) is 35.5 Å². The zero-order chi connectivity index (χ0) is 97.3. The number of esters is 8. The lowest BCUT2D eigenvalue weighted by Gasteiger charge is -2.23. The topological polar surface area (TPSA) is 323 Å². The predicted octanol–water partition coefficient (Wildman–Crippen LogP) is 20.0. The molecule has 0 spiro atoms. The first kappa shape index (κ1) is 110. The van der Waals surface area contributed by atoms with Crippen molar-refractivity contribution in [2.45, 2.75) is 357 Å². The summed E-state index contributed by atoms with van der Waals surface area (Å²) >= 11 is 0. The van der Waals surface area contributed by atoms with E-state index in [1.807, 2.05) is 30.3 Å². The van der Waals surface area contributed by atoms with E-state index >= 15 is 0 Å². The molecule has 25 nitrogen and oxygen atoms in total. The maximum Gasteiger partial charge on any atom is 0.310 e. The van der Waals surface area contributed by atoms with Crippen molar-refractivity contribution in [1.29, 1.82) is 0 Å². The molecule has 9 aliphatic heterocycles. The molecule has 9 heterocycles. The summed E-state index contributed by atoms with van der Waals surface area (Å²) < 4.78 is 91.9. The molecule has 0 N–H and O–H groups in total. The van der Waals surface area contributed by atoms with E-state index in [1.165, 1.54) is 40.7 Å². The zero-order valence-corrected chi connectivity index (χ0v) is 83.2. The van der Waals surface area contributed by atoms with E-state index in [2.05, 4.69) is 163 Å². The molecule has 18 rings (SSSR count). The van der Waals surface area contributed by atoms with Crippen LogP contribution in [-0.4, -0.2) is 213 Å². The van der Waals surface area contributed by atoms with E-state index in [-0.39, 0.29) is 76.0 Å². The molecule has 762 valence electrons. The third-order valence-electron chi connectivity index (χ3n) is 27.1. The first-order valence-electron chi connectivity index (χ1n) is 52.4. The Morgan fingerprint density at radius 1 is 0.275 bits per heavy atom. The van der Waals surface area contributed by atoms with Gasteiger partial charge in [0.15, 0.2) is 0 Å². The predicted molar refractivity (Wildman–Crippen MR) is 523 cm³/mol. The molecule has 19 unspecified atom stereocenters. The number of benzene rings is 5. The molecule has 0 aromatic heterocycles. The van der Waals surface area contributed by atoms with Crippen LogP contribution in [0.15, 0.2) is 152 Å². The molecule has 13 fully saturated rings. The van der Waals surface area contributed by atoms with Crippen LogP contribution in [0.5, 0.6) is 0 Å². The van der Waals surface area contributed by atoms with Crippen LogP contribution in [0.3, 0.4) is 0 Å². The molecule has 0 radical (unpaired) electrons. The summed E-state index contributed by atoms with van der Waals surface area (Å²) in [5.74, 6) is -4.85. The maximum atomic E-state index is 14.0. The Kier molecular flexibility index (Phi) is 49.4. The number of ether oxygens (including phenoxy) is 17. The smallest absolute Gasteiger partial charge is 0.310 e. The maximum absolute atomic E-state index is 14.0. The standard InChI is InChI=1S/C60H90O20.3C9H10O.2C9H12.2C4H8O/c61-53(73-35-39-17-21-45-49(29-39)77-45)13-5-1-9-25-69-57(65)33-43(59(67)71-27-11-3-7-15-55(63)75-37-41-19-23-47-51(31-41)79-47)44(60(68)72-28-12-4-8-16-56(64)76-38-42-20-24-48-52(32-42)80-48)34-58(66)70-26-10-2-6-14-54(62)74-36-40-18-22-46-50(30-40)78-46;3*1-2-4-8(5-3-1)6-9-7-10-9;2*1-8(2)9-6-4-3-5-7-9;2*1-2-4-3-5-4/h39-52H,1-38H2;3*1-5,9H,6-7H2;2*3-8H,1-2H3;2*4H,2-3H2,1H3. The van der Waals surface area contributed by atoms with Gasteiger partial charge in [-0.15, -0.1) is 0 Å². The molecule has 5 aromatic carbocycles. The Morgan fingerprint density at radius 3 is 0.725 bits per heavy atom. The Balaban J connectivity index is 0.000000243. The normalized spacial score (nSPS) is 25.6. The number of carbonyl (C=O) groups excluding carboxylic acids is 8. The summed E-state index contributed by atoms with van der Waals surface area (Å²) in [4.78, 5) is 105. The van der Waals surface area contributed by atoms with Gasteiger partial charge >= 0.3 is 47.8 Å². The molecule has 5 aromatic rings. The van der Waals surface area contributed by atoms with Gasteiger partial charge in [0.25, 0.3) is 0 Å². The first-order valence-corrected chi connectivity index (χ1v) is 52.4. The van der Waals surface area contributed by atoms with Gasteiger partial charge in [-0.05, 0) is 230 Å². The van der Waals surface area contributed by atoms with Crippen molar-refractivity contribution < 1.29 is 119 Å². The molecule has 25 heteroatoms. The van der Waals surface area contributed by atoms with Crippen molar-refractivity contribution in [1.82, 2.24) is 0 Å². The number of fused-ring (bicyclic) bond motifs is 4. The fourth-order valence-corrected chi connectivity index (χ4v) is 17.5. The minimum absolute atomic E-state index is 0.00559. The SMILES string of the molecule is CC(C)c1ccccc1.CC(C)c1ccccc1.CCC1CO1.CCC1CO1.O=C(CCCCCOC(=O)CC(C(=O)OCCCCCC(=O)OCC1CCC2OC2C1)C(CC(=O)OCCCCCC(=O)OCC1CCC2OC2C1)C(=O)OCCCCCC(=O)OCC1CCC2OC2C1)OCC1CCC2OC2C1.c1ccc(CC2CO2)cc1.c1ccc(CC2CO2)cc1.c1ccc(CC2CO2)cc1. The van der Waals surface area contributed by atoms with Crippen molar-refractivity contribution in [3.05, 3.63) is 179 Å². The molecule has 19 atom stereocenters. The largest absolute Gasteiger partial charge is 0.466 e. The fraction of sp³-hybridized carbons (Fsp3) is 0.664. The summed E-state index contributed by atoms with van der Waals surface area (Å²) in [6, 6.07) is 52.4. The first-order chi connectivity index (χ1) is 67.2. The van der Waals surface area contributed by atoms with Gasteiger partial charge in [0.05, 0.1) is 190 Å². The fourth-order valence-electron chi connectivity index (χ4n) is 17.5. The Hall–Kier alpha value is -8.50.